The number of hydrogen-bond donors (Lipinski definition) is 2. The van der Waals surface area contributed by atoms with E-state index in [9.17, 15) is 12.8 Å². The SMILES string of the molecule is NS(=O)(=O)c1cc(Br)cc(CO)c1F. The lowest BCUT2D eigenvalue weighted by atomic mass is 10.2. The predicted molar refractivity (Wildman–Crippen MR) is 51.4 cm³/mol. The molecule has 0 atom stereocenters. The first-order valence-corrected chi connectivity index (χ1v) is 5.81. The van der Waals surface area contributed by atoms with Crippen molar-refractivity contribution < 1.29 is 17.9 Å². The largest absolute Gasteiger partial charge is 0.392 e. The summed E-state index contributed by atoms with van der Waals surface area (Å²) >= 11 is 2.98. The number of primary sulfonamides is 1. The molecule has 4 nitrogen and oxygen atoms in total. The number of rotatable bonds is 2. The Morgan fingerprint density at radius 3 is 2.50 bits per heavy atom. The smallest absolute Gasteiger partial charge is 0.241 e. The van der Waals surface area contributed by atoms with Gasteiger partial charge in [-0.3, -0.25) is 0 Å². The molecule has 1 aromatic carbocycles. The van der Waals surface area contributed by atoms with Crippen LogP contribution in [-0.2, 0) is 16.6 Å². The number of aliphatic hydroxyl groups is 1. The van der Waals surface area contributed by atoms with E-state index in [2.05, 4.69) is 15.9 Å². The molecule has 0 aliphatic heterocycles. The molecular weight excluding hydrogens is 277 g/mol. The molecule has 0 aliphatic carbocycles. The molecule has 0 heterocycles. The van der Waals surface area contributed by atoms with Crippen molar-refractivity contribution in [1.82, 2.24) is 0 Å². The molecule has 0 aliphatic rings. The number of hydrogen-bond acceptors (Lipinski definition) is 3. The third-order valence-electron chi connectivity index (χ3n) is 1.56. The zero-order valence-corrected chi connectivity index (χ0v) is 9.27. The van der Waals surface area contributed by atoms with Crippen LogP contribution in [-0.4, -0.2) is 13.5 Å². The number of halogens is 2. The van der Waals surface area contributed by atoms with E-state index in [0.717, 1.165) is 6.07 Å². The van der Waals surface area contributed by atoms with Gasteiger partial charge >= 0.3 is 0 Å². The van der Waals surface area contributed by atoms with Gasteiger partial charge in [0.2, 0.25) is 10.0 Å². The lowest BCUT2D eigenvalue weighted by Crippen LogP contribution is -2.15. The highest BCUT2D eigenvalue weighted by Gasteiger charge is 2.18. The minimum absolute atomic E-state index is 0.122. The highest BCUT2D eigenvalue weighted by atomic mass is 79.9. The Bertz CT molecular complexity index is 460. The lowest BCUT2D eigenvalue weighted by molar-refractivity contribution is 0.274. The van der Waals surface area contributed by atoms with Gasteiger partial charge in [-0.25, -0.2) is 17.9 Å². The standard InChI is InChI=1S/C7H7BrFNO3S/c8-5-1-4(3-11)7(9)6(2-5)14(10,12)13/h1-2,11H,3H2,(H2,10,12,13). The Hall–Kier alpha value is -0.500. The molecular formula is C7H7BrFNO3S. The zero-order chi connectivity index (χ0) is 10.9. The minimum atomic E-state index is -4.10. The third-order valence-corrected chi connectivity index (χ3v) is 2.92. The topological polar surface area (TPSA) is 80.4 Å². The second kappa shape index (κ2) is 3.93. The lowest BCUT2D eigenvalue weighted by Gasteiger charge is -2.05. The van der Waals surface area contributed by atoms with E-state index >= 15 is 0 Å². The Labute approximate surface area is 88.7 Å². The van der Waals surface area contributed by atoms with Crippen LogP contribution in [0.2, 0.25) is 0 Å². The van der Waals surface area contributed by atoms with Crippen LogP contribution in [0, 0.1) is 5.82 Å². The van der Waals surface area contributed by atoms with Crippen molar-refractivity contribution in [2.45, 2.75) is 11.5 Å². The molecule has 0 bridgehead atoms. The molecule has 7 heteroatoms. The summed E-state index contributed by atoms with van der Waals surface area (Å²) in [5.41, 5.74) is -0.122. The van der Waals surface area contributed by atoms with Crippen molar-refractivity contribution in [3.8, 4) is 0 Å². The number of aliphatic hydroxyl groups excluding tert-OH is 1. The van der Waals surface area contributed by atoms with Crippen molar-refractivity contribution in [2.75, 3.05) is 0 Å². The van der Waals surface area contributed by atoms with Gasteiger partial charge in [0.05, 0.1) is 6.61 Å². The first-order valence-electron chi connectivity index (χ1n) is 3.48. The van der Waals surface area contributed by atoms with Crippen LogP contribution in [0.15, 0.2) is 21.5 Å². The summed E-state index contributed by atoms with van der Waals surface area (Å²) in [5, 5.41) is 13.5. The van der Waals surface area contributed by atoms with Gasteiger partial charge in [0, 0.05) is 10.0 Å². The molecule has 0 saturated carbocycles. The highest BCUT2D eigenvalue weighted by Crippen LogP contribution is 2.23. The first-order chi connectivity index (χ1) is 6.36. The van der Waals surface area contributed by atoms with Crippen molar-refractivity contribution >= 4 is 26.0 Å². The van der Waals surface area contributed by atoms with Gasteiger partial charge in [-0.1, -0.05) is 15.9 Å². The molecule has 1 rings (SSSR count). The second-order valence-electron chi connectivity index (χ2n) is 2.58. The molecule has 78 valence electrons. The van der Waals surface area contributed by atoms with Crippen LogP contribution < -0.4 is 5.14 Å². The van der Waals surface area contributed by atoms with Gasteiger partial charge in [0.1, 0.15) is 10.7 Å². The summed E-state index contributed by atoms with van der Waals surface area (Å²) in [5.74, 6) is -1.02. The molecule has 0 spiro atoms. The maximum Gasteiger partial charge on any atom is 0.241 e. The molecule has 14 heavy (non-hydrogen) atoms. The van der Waals surface area contributed by atoms with Gasteiger partial charge in [-0.05, 0) is 12.1 Å². The monoisotopic (exact) mass is 283 g/mol. The Morgan fingerprint density at radius 2 is 2.07 bits per heavy atom. The van der Waals surface area contributed by atoms with Crippen LogP contribution in [0.3, 0.4) is 0 Å². The summed E-state index contributed by atoms with van der Waals surface area (Å²) in [4.78, 5) is -0.629. The van der Waals surface area contributed by atoms with Crippen molar-refractivity contribution in [3.05, 3.63) is 28.0 Å². The number of nitrogens with two attached hydrogens (primary N) is 1. The molecule has 0 radical (unpaired) electrons. The van der Waals surface area contributed by atoms with Gasteiger partial charge in [0.15, 0.2) is 0 Å². The second-order valence-corrected chi connectivity index (χ2v) is 5.03. The Balaban J connectivity index is 3.53. The van der Waals surface area contributed by atoms with E-state index in [1.54, 1.807) is 0 Å². The quantitative estimate of drug-likeness (QED) is 0.840. The Morgan fingerprint density at radius 1 is 1.50 bits per heavy atom. The van der Waals surface area contributed by atoms with Gasteiger partial charge in [0.25, 0.3) is 0 Å². The molecule has 0 unspecified atom stereocenters. The molecule has 0 aromatic heterocycles. The predicted octanol–water partition coefficient (Wildman–Crippen LogP) is 0.728. The van der Waals surface area contributed by atoms with Crippen molar-refractivity contribution in [2.24, 2.45) is 5.14 Å². The molecule has 0 amide bonds. The average Bonchev–Trinajstić information content (AvgIpc) is 2.06. The van der Waals surface area contributed by atoms with Crippen molar-refractivity contribution in [3.63, 3.8) is 0 Å². The van der Waals surface area contributed by atoms with E-state index in [0.29, 0.717) is 4.47 Å². The summed E-state index contributed by atoms with van der Waals surface area (Å²) in [6.07, 6.45) is 0. The van der Waals surface area contributed by atoms with E-state index < -0.39 is 27.3 Å². The third kappa shape index (κ3) is 2.30. The van der Waals surface area contributed by atoms with Crippen LogP contribution in [0.1, 0.15) is 5.56 Å². The van der Waals surface area contributed by atoms with E-state index in [4.69, 9.17) is 10.2 Å². The van der Waals surface area contributed by atoms with E-state index in [1.807, 2.05) is 0 Å². The number of benzene rings is 1. The minimum Gasteiger partial charge on any atom is -0.392 e. The van der Waals surface area contributed by atoms with Crippen LogP contribution in [0.4, 0.5) is 4.39 Å². The average molecular weight is 284 g/mol. The van der Waals surface area contributed by atoms with E-state index in [-0.39, 0.29) is 5.56 Å². The molecule has 0 fully saturated rings. The maximum atomic E-state index is 13.3. The normalized spacial score (nSPS) is 11.7. The molecule has 0 saturated heterocycles. The fourth-order valence-electron chi connectivity index (χ4n) is 0.940. The summed E-state index contributed by atoms with van der Waals surface area (Å²) in [7, 11) is -4.10. The fourth-order valence-corrected chi connectivity index (χ4v) is 2.27. The van der Waals surface area contributed by atoms with Gasteiger partial charge < -0.3 is 5.11 Å². The van der Waals surface area contributed by atoms with E-state index in [1.165, 1.54) is 6.07 Å². The Kier molecular flexibility index (Phi) is 3.25. The summed E-state index contributed by atoms with van der Waals surface area (Å²) < 4.78 is 35.5. The highest BCUT2D eigenvalue weighted by molar-refractivity contribution is 9.10. The molecule has 1 aromatic rings. The van der Waals surface area contributed by atoms with Crippen LogP contribution >= 0.6 is 15.9 Å². The summed E-state index contributed by atoms with van der Waals surface area (Å²) in [6, 6.07) is 2.33. The fraction of sp³-hybridized carbons (Fsp3) is 0.143. The van der Waals surface area contributed by atoms with Gasteiger partial charge in [-0.2, -0.15) is 0 Å². The maximum absolute atomic E-state index is 13.3. The summed E-state index contributed by atoms with van der Waals surface area (Å²) in [6.45, 7) is -0.589. The van der Waals surface area contributed by atoms with Gasteiger partial charge in [-0.15, -0.1) is 0 Å². The zero-order valence-electron chi connectivity index (χ0n) is 6.87. The van der Waals surface area contributed by atoms with Crippen LogP contribution in [0.25, 0.3) is 0 Å². The molecule has 3 N–H and O–H groups in total. The number of sulfonamides is 1. The van der Waals surface area contributed by atoms with Crippen molar-refractivity contribution in [1.29, 1.82) is 0 Å². The van der Waals surface area contributed by atoms with Crippen LogP contribution in [0.5, 0.6) is 0 Å². The first kappa shape index (κ1) is 11.6.